The highest BCUT2D eigenvalue weighted by atomic mass is 16.5. The Balaban J connectivity index is 1.58. The number of carbonyl (C=O) groups excluding carboxylic acids is 2. The van der Waals surface area contributed by atoms with Crippen LogP contribution in [0.3, 0.4) is 0 Å². The molecular weight excluding hydrogens is 244 g/mol. The Bertz CT molecular complexity index is 333. The zero-order valence-electron chi connectivity index (χ0n) is 11.6. The van der Waals surface area contributed by atoms with E-state index in [-0.39, 0.29) is 17.9 Å². The van der Waals surface area contributed by atoms with Crippen LogP contribution in [0.4, 0.5) is 0 Å². The molecule has 0 unspecified atom stereocenters. The summed E-state index contributed by atoms with van der Waals surface area (Å²) in [4.78, 5) is 22.7. The first kappa shape index (κ1) is 14.3. The van der Waals surface area contributed by atoms with E-state index < -0.39 is 0 Å². The minimum Gasteiger partial charge on any atom is -0.376 e. The third-order valence-electron chi connectivity index (χ3n) is 4.08. The molecule has 0 aromatic heterocycles. The van der Waals surface area contributed by atoms with Crippen molar-refractivity contribution in [2.24, 2.45) is 5.92 Å². The fourth-order valence-electron chi connectivity index (χ4n) is 2.85. The van der Waals surface area contributed by atoms with E-state index in [0.29, 0.717) is 38.0 Å². The van der Waals surface area contributed by atoms with Gasteiger partial charge in [-0.3, -0.25) is 9.59 Å². The van der Waals surface area contributed by atoms with Crippen molar-refractivity contribution in [3.63, 3.8) is 0 Å². The molecule has 2 aliphatic rings. The van der Waals surface area contributed by atoms with Gasteiger partial charge in [0.25, 0.3) is 0 Å². The van der Waals surface area contributed by atoms with Gasteiger partial charge in [-0.15, -0.1) is 0 Å². The Morgan fingerprint density at radius 3 is 2.84 bits per heavy atom. The number of ether oxygens (including phenoxy) is 1. The average Bonchev–Trinajstić information content (AvgIpc) is 2.83. The number of rotatable bonds is 5. The van der Waals surface area contributed by atoms with Crippen LogP contribution in [0.2, 0.25) is 0 Å². The van der Waals surface area contributed by atoms with Crippen LogP contribution in [0.5, 0.6) is 0 Å². The van der Waals surface area contributed by atoms with Crippen LogP contribution in [0, 0.1) is 5.92 Å². The molecule has 0 spiro atoms. The normalized spacial score (nSPS) is 31.0. The number of hydrogen-bond acceptors (Lipinski definition) is 3. The Labute approximate surface area is 114 Å². The molecule has 1 aliphatic heterocycles. The van der Waals surface area contributed by atoms with Crippen molar-refractivity contribution in [3.05, 3.63) is 0 Å². The Kier molecular flexibility index (Phi) is 5.19. The molecule has 0 radical (unpaired) electrons. The first-order valence-electron chi connectivity index (χ1n) is 7.35. The van der Waals surface area contributed by atoms with Crippen LogP contribution in [0.15, 0.2) is 0 Å². The van der Waals surface area contributed by atoms with Gasteiger partial charge in [-0.1, -0.05) is 19.8 Å². The summed E-state index contributed by atoms with van der Waals surface area (Å²) >= 11 is 0. The van der Waals surface area contributed by atoms with Gasteiger partial charge in [0.2, 0.25) is 11.8 Å². The van der Waals surface area contributed by atoms with E-state index in [1.165, 1.54) is 19.3 Å². The molecule has 1 heterocycles. The largest absolute Gasteiger partial charge is 0.376 e. The Morgan fingerprint density at radius 2 is 2.16 bits per heavy atom. The van der Waals surface area contributed by atoms with E-state index in [1.54, 1.807) is 0 Å². The maximum atomic E-state index is 11.7. The third kappa shape index (κ3) is 4.20. The van der Waals surface area contributed by atoms with E-state index in [9.17, 15) is 9.59 Å². The average molecular weight is 268 g/mol. The second-order valence-electron chi connectivity index (χ2n) is 5.62. The van der Waals surface area contributed by atoms with Gasteiger partial charge in [0.15, 0.2) is 0 Å². The van der Waals surface area contributed by atoms with Gasteiger partial charge >= 0.3 is 0 Å². The van der Waals surface area contributed by atoms with Gasteiger partial charge in [0.05, 0.1) is 12.7 Å². The second-order valence-corrected chi connectivity index (χ2v) is 5.62. The predicted octanol–water partition coefficient (Wildman–Crippen LogP) is 0.976. The van der Waals surface area contributed by atoms with Gasteiger partial charge in [0, 0.05) is 13.0 Å². The van der Waals surface area contributed by atoms with Crippen LogP contribution in [-0.2, 0) is 14.3 Å². The minimum absolute atomic E-state index is 0.0348. The molecule has 19 heavy (non-hydrogen) atoms. The zero-order chi connectivity index (χ0) is 13.7. The lowest BCUT2D eigenvalue weighted by Gasteiger charge is -2.28. The number of nitrogens with one attached hydrogen (secondary N) is 2. The van der Waals surface area contributed by atoms with Crippen molar-refractivity contribution in [1.82, 2.24) is 10.6 Å². The lowest BCUT2D eigenvalue weighted by molar-refractivity contribution is -0.126. The maximum Gasteiger partial charge on any atom is 0.242 e. The molecule has 1 saturated carbocycles. The highest BCUT2D eigenvalue weighted by molar-refractivity contribution is 5.90. The van der Waals surface area contributed by atoms with Crippen molar-refractivity contribution in [3.8, 4) is 0 Å². The Morgan fingerprint density at radius 1 is 1.37 bits per heavy atom. The van der Waals surface area contributed by atoms with Crippen LogP contribution in [-0.4, -0.2) is 37.1 Å². The first-order chi connectivity index (χ1) is 9.16. The summed E-state index contributed by atoms with van der Waals surface area (Å²) < 4.78 is 5.83. The predicted molar refractivity (Wildman–Crippen MR) is 71.5 cm³/mol. The summed E-state index contributed by atoms with van der Waals surface area (Å²) in [5.74, 6) is 0.497. The highest BCUT2D eigenvalue weighted by Crippen LogP contribution is 2.25. The van der Waals surface area contributed by atoms with Crippen molar-refractivity contribution in [2.45, 2.75) is 57.6 Å². The lowest BCUT2D eigenvalue weighted by atomic mass is 9.88. The molecule has 5 heteroatoms. The molecule has 1 aliphatic carbocycles. The number of carbonyl (C=O) groups is 2. The third-order valence-corrected chi connectivity index (χ3v) is 4.08. The molecule has 2 rings (SSSR count). The summed E-state index contributed by atoms with van der Waals surface area (Å²) in [6, 6.07) is -0.346. The van der Waals surface area contributed by atoms with Crippen LogP contribution in [0.1, 0.15) is 45.4 Å². The summed E-state index contributed by atoms with van der Waals surface area (Å²) in [6.07, 6.45) is 6.32. The van der Waals surface area contributed by atoms with Crippen molar-refractivity contribution < 1.29 is 14.3 Å². The quantitative estimate of drug-likeness (QED) is 0.730. The molecule has 5 nitrogen and oxygen atoms in total. The van der Waals surface area contributed by atoms with Crippen molar-refractivity contribution >= 4 is 11.8 Å². The van der Waals surface area contributed by atoms with Crippen LogP contribution in [0.25, 0.3) is 0 Å². The molecule has 0 aromatic carbocycles. The maximum absolute atomic E-state index is 11.7. The number of hydrogen-bond donors (Lipinski definition) is 2. The lowest BCUT2D eigenvalue weighted by Crippen LogP contribution is -2.43. The number of amides is 2. The van der Waals surface area contributed by atoms with E-state index in [0.717, 1.165) is 6.42 Å². The summed E-state index contributed by atoms with van der Waals surface area (Å²) in [5, 5.41) is 5.48. The van der Waals surface area contributed by atoms with Crippen LogP contribution >= 0.6 is 0 Å². The SMILES string of the molecule is C[C@@H]1CCCC[C@@H]1OCCNC(=O)[C@@H]1CCC(=O)N1. The summed E-state index contributed by atoms with van der Waals surface area (Å²) in [6.45, 7) is 3.31. The molecular formula is C14H24N2O3. The molecule has 2 N–H and O–H groups in total. The molecule has 108 valence electrons. The standard InChI is InChI=1S/C14H24N2O3/c1-10-4-2-3-5-12(10)19-9-8-15-14(18)11-6-7-13(17)16-11/h10-12H,2-9H2,1H3,(H,15,18)(H,16,17)/t10-,11+,12+/m1/s1. The Hall–Kier alpha value is -1.10. The van der Waals surface area contributed by atoms with Gasteiger partial charge in [-0.05, 0) is 25.2 Å². The van der Waals surface area contributed by atoms with Gasteiger partial charge in [-0.25, -0.2) is 0 Å². The molecule has 0 bridgehead atoms. The highest BCUT2D eigenvalue weighted by Gasteiger charge is 2.27. The zero-order valence-corrected chi connectivity index (χ0v) is 11.6. The monoisotopic (exact) mass is 268 g/mol. The first-order valence-corrected chi connectivity index (χ1v) is 7.35. The summed E-state index contributed by atoms with van der Waals surface area (Å²) in [7, 11) is 0. The molecule has 1 saturated heterocycles. The molecule has 3 atom stereocenters. The van der Waals surface area contributed by atoms with Gasteiger partial charge in [-0.2, -0.15) is 0 Å². The van der Waals surface area contributed by atoms with E-state index in [2.05, 4.69) is 17.6 Å². The van der Waals surface area contributed by atoms with Gasteiger partial charge < -0.3 is 15.4 Å². The van der Waals surface area contributed by atoms with Crippen molar-refractivity contribution in [2.75, 3.05) is 13.2 Å². The molecule has 2 fully saturated rings. The van der Waals surface area contributed by atoms with E-state index in [4.69, 9.17) is 4.74 Å². The topological polar surface area (TPSA) is 67.4 Å². The fourth-order valence-corrected chi connectivity index (χ4v) is 2.85. The van der Waals surface area contributed by atoms with E-state index in [1.807, 2.05) is 0 Å². The van der Waals surface area contributed by atoms with E-state index >= 15 is 0 Å². The smallest absolute Gasteiger partial charge is 0.242 e. The fraction of sp³-hybridized carbons (Fsp3) is 0.857. The van der Waals surface area contributed by atoms with Crippen molar-refractivity contribution in [1.29, 1.82) is 0 Å². The van der Waals surface area contributed by atoms with Gasteiger partial charge in [0.1, 0.15) is 6.04 Å². The minimum atomic E-state index is -0.346. The molecule has 0 aromatic rings. The molecule has 2 amide bonds. The summed E-state index contributed by atoms with van der Waals surface area (Å²) in [5.41, 5.74) is 0. The van der Waals surface area contributed by atoms with Crippen LogP contribution < -0.4 is 10.6 Å². The second kappa shape index (κ2) is 6.89.